The van der Waals surface area contributed by atoms with E-state index < -0.39 is 17.0 Å². The minimum absolute atomic E-state index is 0.116. The van der Waals surface area contributed by atoms with Gasteiger partial charge in [0.1, 0.15) is 0 Å². The first-order chi connectivity index (χ1) is 7.52. The molecular formula is C12H23NO4. The smallest absolute Gasteiger partial charge is 0.407 e. The van der Waals surface area contributed by atoms with Gasteiger partial charge in [-0.05, 0) is 41.5 Å². The molecule has 0 saturated carbocycles. The Morgan fingerprint density at radius 3 is 1.94 bits per heavy atom. The molecule has 1 N–H and O–H groups in total. The van der Waals surface area contributed by atoms with Gasteiger partial charge in [0.05, 0.1) is 12.0 Å². The van der Waals surface area contributed by atoms with Crippen molar-refractivity contribution in [3.63, 3.8) is 0 Å². The predicted molar refractivity (Wildman–Crippen MR) is 64.9 cm³/mol. The molecule has 0 atom stereocenters. The number of esters is 1. The van der Waals surface area contributed by atoms with E-state index in [1.807, 2.05) is 0 Å². The second-order valence-electron chi connectivity index (χ2n) is 5.64. The third kappa shape index (κ3) is 4.63. The van der Waals surface area contributed by atoms with Gasteiger partial charge in [0, 0.05) is 12.1 Å². The minimum Gasteiger partial charge on any atom is -0.466 e. The second-order valence-corrected chi connectivity index (χ2v) is 5.64. The van der Waals surface area contributed by atoms with Crippen LogP contribution in [-0.2, 0) is 9.53 Å². The second kappa shape index (κ2) is 5.38. The molecule has 0 fully saturated rings. The van der Waals surface area contributed by atoms with Gasteiger partial charge in [0.15, 0.2) is 0 Å². The average Bonchev–Trinajstić information content (AvgIpc) is 2.12. The van der Waals surface area contributed by atoms with Gasteiger partial charge in [-0.25, -0.2) is 4.79 Å². The molecule has 0 aromatic carbocycles. The number of ether oxygens (including phenoxy) is 1. The molecular weight excluding hydrogens is 222 g/mol. The Kier molecular flexibility index (Phi) is 4.98. The van der Waals surface area contributed by atoms with Crippen LogP contribution in [0.2, 0.25) is 0 Å². The summed E-state index contributed by atoms with van der Waals surface area (Å²) in [6, 6.07) is 0. The fourth-order valence-corrected chi connectivity index (χ4v) is 1.38. The number of carbonyl (C=O) groups excluding carboxylic acids is 1. The lowest BCUT2D eigenvalue weighted by atomic mass is 9.91. The number of hydrogen-bond donors (Lipinski definition) is 1. The van der Waals surface area contributed by atoms with E-state index in [0.717, 1.165) is 0 Å². The Labute approximate surface area is 103 Å². The summed E-state index contributed by atoms with van der Waals surface area (Å²) in [6.45, 7) is 10.9. The van der Waals surface area contributed by atoms with Crippen LogP contribution in [0.5, 0.6) is 0 Å². The van der Waals surface area contributed by atoms with Gasteiger partial charge >= 0.3 is 12.1 Å². The number of nitrogens with zero attached hydrogens (tertiary/aromatic N) is 1. The van der Waals surface area contributed by atoms with Crippen molar-refractivity contribution in [1.29, 1.82) is 0 Å². The number of hydrogen-bond acceptors (Lipinski definition) is 3. The number of carboxylic acid groups (broad SMARTS) is 1. The third-order valence-corrected chi connectivity index (χ3v) is 2.42. The summed E-state index contributed by atoms with van der Waals surface area (Å²) in [4.78, 5) is 24.1. The minimum atomic E-state index is -1.03. The fourth-order valence-electron chi connectivity index (χ4n) is 1.38. The summed E-state index contributed by atoms with van der Waals surface area (Å²) in [6.07, 6.45) is -1.03. The summed E-state index contributed by atoms with van der Waals surface area (Å²) in [5.74, 6) is -0.379. The molecule has 5 nitrogen and oxygen atoms in total. The van der Waals surface area contributed by atoms with Gasteiger partial charge in [0.2, 0.25) is 0 Å². The average molecular weight is 245 g/mol. The molecule has 1 amide bonds. The van der Waals surface area contributed by atoms with E-state index in [2.05, 4.69) is 0 Å². The van der Waals surface area contributed by atoms with Gasteiger partial charge in [-0.3, -0.25) is 4.79 Å². The monoisotopic (exact) mass is 245 g/mol. The van der Waals surface area contributed by atoms with E-state index >= 15 is 0 Å². The van der Waals surface area contributed by atoms with Crippen molar-refractivity contribution in [3.8, 4) is 0 Å². The van der Waals surface area contributed by atoms with Crippen molar-refractivity contribution in [2.24, 2.45) is 5.41 Å². The van der Waals surface area contributed by atoms with E-state index in [9.17, 15) is 9.59 Å². The topological polar surface area (TPSA) is 66.8 Å². The molecule has 0 bridgehead atoms. The maximum absolute atomic E-state index is 11.7. The Morgan fingerprint density at radius 2 is 1.65 bits per heavy atom. The normalized spacial score (nSPS) is 12.1. The zero-order chi connectivity index (χ0) is 13.9. The van der Waals surface area contributed by atoms with Crippen LogP contribution >= 0.6 is 0 Å². The third-order valence-electron chi connectivity index (χ3n) is 2.42. The summed E-state index contributed by atoms with van der Waals surface area (Å²) >= 11 is 0. The molecule has 0 aliphatic rings. The summed E-state index contributed by atoms with van der Waals surface area (Å²) in [7, 11) is 0. The van der Waals surface area contributed by atoms with Crippen LogP contribution < -0.4 is 0 Å². The van der Waals surface area contributed by atoms with Gasteiger partial charge in [0.25, 0.3) is 0 Å². The van der Waals surface area contributed by atoms with Crippen molar-refractivity contribution in [1.82, 2.24) is 4.90 Å². The lowest BCUT2D eigenvalue weighted by Gasteiger charge is -2.37. The molecule has 0 heterocycles. The molecule has 100 valence electrons. The van der Waals surface area contributed by atoms with E-state index in [4.69, 9.17) is 9.84 Å². The first-order valence-electron chi connectivity index (χ1n) is 5.70. The molecule has 0 unspecified atom stereocenters. The molecule has 0 rings (SSSR count). The summed E-state index contributed by atoms with van der Waals surface area (Å²) in [5, 5.41) is 9.16. The molecule has 0 spiro atoms. The zero-order valence-electron chi connectivity index (χ0n) is 11.5. The SMILES string of the molecule is CCOC(=O)C(C)(C)CN(C(=O)O)C(C)(C)C. The van der Waals surface area contributed by atoms with Gasteiger partial charge in [-0.2, -0.15) is 0 Å². The highest BCUT2D eigenvalue weighted by atomic mass is 16.5. The molecule has 0 aromatic heterocycles. The van der Waals surface area contributed by atoms with Crippen molar-refractivity contribution in [2.45, 2.75) is 47.1 Å². The maximum Gasteiger partial charge on any atom is 0.407 e. The van der Waals surface area contributed by atoms with Crippen LogP contribution in [0.3, 0.4) is 0 Å². The molecule has 5 heteroatoms. The molecule has 0 aliphatic heterocycles. The molecule has 0 radical (unpaired) electrons. The number of carbonyl (C=O) groups is 2. The molecule has 17 heavy (non-hydrogen) atoms. The highest BCUT2D eigenvalue weighted by molar-refractivity contribution is 5.77. The summed E-state index contributed by atoms with van der Waals surface area (Å²) in [5.41, 5.74) is -1.39. The largest absolute Gasteiger partial charge is 0.466 e. The number of rotatable bonds is 4. The van der Waals surface area contributed by atoms with Crippen molar-refractivity contribution in [3.05, 3.63) is 0 Å². The van der Waals surface area contributed by atoms with Crippen LogP contribution in [0, 0.1) is 5.41 Å². The van der Waals surface area contributed by atoms with E-state index in [0.29, 0.717) is 6.61 Å². The van der Waals surface area contributed by atoms with Gasteiger partial charge in [-0.15, -0.1) is 0 Å². The van der Waals surface area contributed by atoms with E-state index in [-0.39, 0.29) is 12.5 Å². The van der Waals surface area contributed by atoms with E-state index in [1.54, 1.807) is 41.5 Å². The van der Waals surface area contributed by atoms with Crippen LogP contribution in [0.25, 0.3) is 0 Å². The van der Waals surface area contributed by atoms with Crippen LogP contribution in [0.1, 0.15) is 41.5 Å². The Balaban J connectivity index is 4.88. The van der Waals surface area contributed by atoms with Crippen molar-refractivity contribution >= 4 is 12.1 Å². The van der Waals surface area contributed by atoms with Gasteiger partial charge < -0.3 is 14.7 Å². The number of amides is 1. The predicted octanol–water partition coefficient (Wildman–Crippen LogP) is 2.35. The standard InChI is InChI=1S/C12H23NO4/c1-7-17-9(14)12(5,6)8-13(10(15)16)11(2,3)4/h7-8H2,1-6H3,(H,15,16). The fraction of sp³-hybridized carbons (Fsp3) is 0.833. The Morgan fingerprint density at radius 1 is 1.18 bits per heavy atom. The van der Waals surface area contributed by atoms with Gasteiger partial charge in [-0.1, -0.05) is 0 Å². The maximum atomic E-state index is 11.7. The first-order valence-corrected chi connectivity index (χ1v) is 5.70. The van der Waals surface area contributed by atoms with Crippen LogP contribution in [0.4, 0.5) is 4.79 Å². The highest BCUT2D eigenvalue weighted by Crippen LogP contribution is 2.24. The van der Waals surface area contributed by atoms with E-state index in [1.165, 1.54) is 4.90 Å². The first kappa shape index (κ1) is 15.7. The Hall–Kier alpha value is -1.26. The van der Waals surface area contributed by atoms with Crippen LogP contribution in [0.15, 0.2) is 0 Å². The highest BCUT2D eigenvalue weighted by Gasteiger charge is 2.37. The molecule has 0 aromatic rings. The van der Waals surface area contributed by atoms with Crippen molar-refractivity contribution in [2.75, 3.05) is 13.2 Å². The zero-order valence-corrected chi connectivity index (χ0v) is 11.5. The van der Waals surface area contributed by atoms with Crippen molar-refractivity contribution < 1.29 is 19.4 Å². The Bertz CT molecular complexity index is 291. The lowest BCUT2D eigenvalue weighted by Crippen LogP contribution is -2.51. The molecule has 0 saturated heterocycles. The molecule has 0 aliphatic carbocycles. The lowest BCUT2D eigenvalue weighted by molar-refractivity contribution is -0.154. The summed E-state index contributed by atoms with van der Waals surface area (Å²) < 4.78 is 4.94. The van der Waals surface area contributed by atoms with Crippen LogP contribution in [-0.4, -0.2) is 40.8 Å². The quantitative estimate of drug-likeness (QED) is 0.772.